The molecule has 0 radical (unpaired) electrons. The van der Waals surface area contributed by atoms with Crippen LogP contribution in [0.4, 0.5) is 4.79 Å². The Morgan fingerprint density at radius 1 is 1.09 bits per heavy atom. The summed E-state index contributed by atoms with van der Waals surface area (Å²) in [6, 6.07) is 14.3. The van der Waals surface area contributed by atoms with E-state index in [2.05, 4.69) is 5.32 Å². The average Bonchev–Trinajstić information content (AvgIpc) is 3.32. The van der Waals surface area contributed by atoms with Gasteiger partial charge in [0.15, 0.2) is 9.84 Å². The number of aliphatic carboxylic acids is 1. The highest BCUT2D eigenvalue weighted by Gasteiger charge is 2.35. The van der Waals surface area contributed by atoms with Crippen molar-refractivity contribution < 1.29 is 32.6 Å². The van der Waals surface area contributed by atoms with Gasteiger partial charge in [-0.3, -0.25) is 9.59 Å². The minimum Gasteiger partial charge on any atom is -0.481 e. The number of amides is 2. The smallest absolute Gasteiger partial charge is 0.407 e. The quantitative estimate of drug-likeness (QED) is 0.569. The van der Waals surface area contributed by atoms with Crippen molar-refractivity contribution in [2.75, 3.05) is 26.0 Å². The van der Waals surface area contributed by atoms with Crippen molar-refractivity contribution in [1.29, 1.82) is 0 Å². The first-order valence-corrected chi connectivity index (χ1v) is 13.2. The molecule has 1 aliphatic heterocycles. The highest BCUT2D eigenvalue weighted by atomic mass is 32.2. The van der Waals surface area contributed by atoms with Crippen LogP contribution in [-0.4, -0.2) is 73.6 Å². The molecule has 4 rings (SSSR count). The summed E-state index contributed by atoms with van der Waals surface area (Å²) in [4.78, 5) is 38.0. The highest BCUT2D eigenvalue weighted by Crippen LogP contribution is 2.44. The molecule has 0 bridgehead atoms. The Hall–Kier alpha value is -3.40. The SMILES string of the molecule is CN(CC1CCCS1(=O)=O)C(=O)C(CC(=O)O)NC(=O)OCC1c2ccccc2-c2ccccc21. The summed E-state index contributed by atoms with van der Waals surface area (Å²) in [6.45, 7) is -0.0341. The summed E-state index contributed by atoms with van der Waals surface area (Å²) < 4.78 is 29.7. The van der Waals surface area contributed by atoms with E-state index in [0.717, 1.165) is 22.3 Å². The predicted octanol–water partition coefficient (Wildman–Crippen LogP) is 2.40. The molecule has 186 valence electrons. The molecule has 2 unspecified atom stereocenters. The number of carboxylic acids is 1. The highest BCUT2D eigenvalue weighted by molar-refractivity contribution is 7.92. The number of carbonyl (C=O) groups excluding carboxylic acids is 2. The summed E-state index contributed by atoms with van der Waals surface area (Å²) >= 11 is 0. The van der Waals surface area contributed by atoms with E-state index in [1.54, 1.807) is 0 Å². The Kier molecular flexibility index (Phi) is 7.11. The van der Waals surface area contributed by atoms with Gasteiger partial charge in [-0.2, -0.15) is 0 Å². The molecule has 10 heteroatoms. The lowest BCUT2D eigenvalue weighted by molar-refractivity contribution is -0.142. The van der Waals surface area contributed by atoms with Crippen molar-refractivity contribution in [3.8, 4) is 11.1 Å². The Bertz CT molecular complexity index is 1200. The molecular formula is C25H28N2O7S. The number of hydrogen-bond donors (Lipinski definition) is 2. The van der Waals surface area contributed by atoms with Crippen LogP contribution >= 0.6 is 0 Å². The maximum atomic E-state index is 12.9. The second kappa shape index (κ2) is 10.1. The summed E-state index contributed by atoms with van der Waals surface area (Å²) in [5.41, 5.74) is 4.19. The standard InChI is InChI=1S/C25H28N2O7S/c1-27(14-16-7-6-12-35(16,32)33)24(30)22(13-23(28)29)26-25(31)34-15-21-19-10-4-2-8-17(19)18-9-3-5-11-20(18)21/h2-5,8-11,16,21-22H,6-7,12-15H2,1H3,(H,26,31)(H,28,29). The fraction of sp³-hybridized carbons (Fsp3) is 0.400. The third-order valence-corrected chi connectivity index (χ3v) is 8.89. The number of hydrogen-bond acceptors (Lipinski definition) is 6. The number of carbonyl (C=O) groups is 3. The van der Waals surface area contributed by atoms with Crippen molar-refractivity contribution in [2.45, 2.75) is 36.5 Å². The molecule has 35 heavy (non-hydrogen) atoms. The van der Waals surface area contributed by atoms with Gasteiger partial charge in [0.2, 0.25) is 5.91 Å². The van der Waals surface area contributed by atoms with Crippen LogP contribution in [-0.2, 0) is 24.2 Å². The van der Waals surface area contributed by atoms with Gasteiger partial charge in [0, 0.05) is 19.5 Å². The van der Waals surface area contributed by atoms with Gasteiger partial charge in [0.25, 0.3) is 0 Å². The molecule has 9 nitrogen and oxygen atoms in total. The first-order valence-electron chi connectivity index (χ1n) is 11.5. The Balaban J connectivity index is 1.41. The molecule has 2 amide bonds. The normalized spacial score (nSPS) is 18.8. The molecular weight excluding hydrogens is 472 g/mol. The van der Waals surface area contributed by atoms with E-state index >= 15 is 0 Å². The van der Waals surface area contributed by atoms with Gasteiger partial charge in [0.05, 0.1) is 17.4 Å². The second-order valence-corrected chi connectivity index (χ2v) is 11.4. The molecule has 2 atom stereocenters. The molecule has 2 aliphatic rings. The summed E-state index contributed by atoms with van der Waals surface area (Å²) in [7, 11) is -1.87. The third kappa shape index (κ3) is 5.32. The number of likely N-dealkylation sites (N-methyl/N-ethyl adjacent to an activating group) is 1. The van der Waals surface area contributed by atoms with Crippen molar-refractivity contribution in [1.82, 2.24) is 10.2 Å². The van der Waals surface area contributed by atoms with Gasteiger partial charge in [-0.15, -0.1) is 0 Å². The summed E-state index contributed by atoms with van der Waals surface area (Å²) in [5, 5.41) is 10.9. The number of carboxylic acid groups (broad SMARTS) is 1. The Labute approximate surface area is 204 Å². The lowest BCUT2D eigenvalue weighted by Crippen LogP contribution is -2.50. The van der Waals surface area contributed by atoms with Gasteiger partial charge in [0.1, 0.15) is 12.6 Å². The molecule has 1 fully saturated rings. The maximum Gasteiger partial charge on any atom is 0.407 e. The van der Waals surface area contributed by atoms with Crippen LogP contribution in [0.3, 0.4) is 0 Å². The number of benzene rings is 2. The Morgan fingerprint density at radius 2 is 1.69 bits per heavy atom. The molecule has 2 aromatic rings. The third-order valence-electron chi connectivity index (χ3n) is 6.63. The first-order chi connectivity index (χ1) is 16.7. The van der Waals surface area contributed by atoms with Crippen LogP contribution in [0.1, 0.15) is 36.3 Å². The number of nitrogens with one attached hydrogen (secondary N) is 1. The van der Waals surface area contributed by atoms with Crippen molar-refractivity contribution >= 4 is 27.8 Å². The fourth-order valence-corrected chi connectivity index (χ4v) is 6.76. The van der Waals surface area contributed by atoms with E-state index in [0.29, 0.717) is 12.8 Å². The molecule has 2 N–H and O–H groups in total. The zero-order valence-electron chi connectivity index (χ0n) is 19.3. The number of sulfone groups is 1. The van der Waals surface area contributed by atoms with E-state index in [1.165, 1.54) is 11.9 Å². The molecule has 2 aromatic carbocycles. The maximum absolute atomic E-state index is 12.9. The fourth-order valence-electron chi connectivity index (χ4n) is 4.88. The zero-order chi connectivity index (χ0) is 25.2. The first kappa shape index (κ1) is 24.7. The van der Waals surface area contributed by atoms with Crippen LogP contribution in [0.5, 0.6) is 0 Å². The van der Waals surface area contributed by atoms with Gasteiger partial charge >= 0.3 is 12.1 Å². The van der Waals surface area contributed by atoms with Crippen molar-refractivity contribution in [3.63, 3.8) is 0 Å². The van der Waals surface area contributed by atoms with E-state index in [4.69, 9.17) is 4.74 Å². The predicted molar refractivity (Wildman–Crippen MR) is 129 cm³/mol. The van der Waals surface area contributed by atoms with E-state index < -0.39 is 45.5 Å². The van der Waals surface area contributed by atoms with Crippen LogP contribution in [0.15, 0.2) is 48.5 Å². The number of rotatable bonds is 8. The van der Waals surface area contributed by atoms with Gasteiger partial charge in [-0.25, -0.2) is 13.2 Å². The average molecular weight is 501 g/mol. The van der Waals surface area contributed by atoms with Gasteiger partial charge in [-0.1, -0.05) is 48.5 Å². The van der Waals surface area contributed by atoms with Gasteiger partial charge < -0.3 is 20.1 Å². The molecule has 0 aromatic heterocycles. The number of alkyl carbamates (subject to hydrolysis) is 1. The van der Waals surface area contributed by atoms with E-state index in [1.807, 2.05) is 48.5 Å². The monoisotopic (exact) mass is 500 g/mol. The van der Waals surface area contributed by atoms with Crippen LogP contribution < -0.4 is 5.32 Å². The zero-order valence-corrected chi connectivity index (χ0v) is 20.2. The number of fused-ring (bicyclic) bond motifs is 3. The van der Waals surface area contributed by atoms with Crippen LogP contribution in [0.25, 0.3) is 11.1 Å². The largest absolute Gasteiger partial charge is 0.481 e. The Morgan fingerprint density at radius 3 is 2.23 bits per heavy atom. The van der Waals surface area contributed by atoms with E-state index in [-0.39, 0.29) is 24.8 Å². The van der Waals surface area contributed by atoms with Crippen molar-refractivity contribution in [3.05, 3.63) is 59.7 Å². The molecule has 1 saturated heterocycles. The minimum atomic E-state index is -3.28. The summed E-state index contributed by atoms with van der Waals surface area (Å²) in [5.74, 6) is -2.06. The minimum absolute atomic E-state index is 0.0179. The van der Waals surface area contributed by atoms with Crippen molar-refractivity contribution in [2.24, 2.45) is 0 Å². The lowest BCUT2D eigenvalue weighted by Gasteiger charge is -2.25. The number of ether oxygens (including phenoxy) is 1. The topological polar surface area (TPSA) is 130 Å². The molecule has 0 saturated carbocycles. The summed E-state index contributed by atoms with van der Waals surface area (Å²) in [6.07, 6.45) is -0.576. The van der Waals surface area contributed by atoms with Crippen LogP contribution in [0, 0.1) is 0 Å². The van der Waals surface area contributed by atoms with E-state index in [9.17, 15) is 27.9 Å². The number of nitrogens with zero attached hydrogens (tertiary/aromatic N) is 1. The lowest BCUT2D eigenvalue weighted by atomic mass is 9.98. The molecule has 1 aliphatic carbocycles. The van der Waals surface area contributed by atoms with Crippen LogP contribution in [0.2, 0.25) is 0 Å². The molecule has 1 heterocycles. The van der Waals surface area contributed by atoms with Gasteiger partial charge in [-0.05, 0) is 35.1 Å². The second-order valence-electron chi connectivity index (χ2n) is 8.97. The molecule has 0 spiro atoms.